The van der Waals surface area contributed by atoms with E-state index in [0.717, 1.165) is 11.6 Å². The smallest absolute Gasteiger partial charge is 0.266 e. The second-order valence-corrected chi connectivity index (χ2v) is 10.7. The van der Waals surface area contributed by atoms with E-state index in [1.807, 2.05) is 25.1 Å². The van der Waals surface area contributed by atoms with Crippen LogP contribution in [-0.2, 0) is 19.4 Å². The SMILES string of the molecule is CCC(C(=O)Nc1cc(O)c(NC(=O)/C(C#N)=C/c2ccc(C)cc2)cc1Cl)S(=O)(=O)c1ccccc1. The summed E-state index contributed by atoms with van der Waals surface area (Å²) in [5, 5.41) is 23.3. The molecule has 0 fully saturated rings. The van der Waals surface area contributed by atoms with Crippen molar-refractivity contribution in [2.24, 2.45) is 0 Å². The van der Waals surface area contributed by atoms with Gasteiger partial charge in [0.15, 0.2) is 9.84 Å². The lowest BCUT2D eigenvalue weighted by molar-refractivity contribution is -0.116. The second-order valence-electron chi connectivity index (χ2n) is 8.13. The Balaban J connectivity index is 1.80. The van der Waals surface area contributed by atoms with Crippen LogP contribution in [0.4, 0.5) is 11.4 Å². The van der Waals surface area contributed by atoms with E-state index in [1.54, 1.807) is 37.3 Å². The largest absolute Gasteiger partial charge is 0.506 e. The number of nitriles is 1. The summed E-state index contributed by atoms with van der Waals surface area (Å²) in [6, 6.07) is 18.9. The number of aromatic hydroxyl groups is 1. The average Bonchev–Trinajstić information content (AvgIpc) is 2.87. The van der Waals surface area contributed by atoms with Crippen LogP contribution in [0.25, 0.3) is 6.08 Å². The summed E-state index contributed by atoms with van der Waals surface area (Å²) < 4.78 is 25.9. The molecular weight excluding hydrogens is 514 g/mol. The highest BCUT2D eigenvalue weighted by Gasteiger charge is 2.33. The molecule has 2 amide bonds. The van der Waals surface area contributed by atoms with Gasteiger partial charge >= 0.3 is 0 Å². The number of phenols is 1. The zero-order chi connectivity index (χ0) is 27.2. The van der Waals surface area contributed by atoms with Crippen LogP contribution in [0.1, 0.15) is 24.5 Å². The van der Waals surface area contributed by atoms with E-state index in [-0.39, 0.29) is 33.3 Å². The lowest BCUT2D eigenvalue weighted by Gasteiger charge is -2.17. The monoisotopic (exact) mass is 537 g/mol. The third-order valence-corrected chi connectivity index (χ3v) is 7.99. The zero-order valence-corrected chi connectivity index (χ0v) is 21.6. The molecule has 8 nitrogen and oxygen atoms in total. The molecule has 1 unspecified atom stereocenters. The Morgan fingerprint density at radius 1 is 1.05 bits per heavy atom. The predicted molar refractivity (Wildman–Crippen MR) is 143 cm³/mol. The summed E-state index contributed by atoms with van der Waals surface area (Å²) in [4.78, 5) is 25.5. The van der Waals surface area contributed by atoms with Crippen molar-refractivity contribution in [3.63, 3.8) is 0 Å². The molecule has 3 aromatic carbocycles. The van der Waals surface area contributed by atoms with E-state index in [1.165, 1.54) is 24.3 Å². The van der Waals surface area contributed by atoms with Crippen molar-refractivity contribution in [1.82, 2.24) is 0 Å². The number of phenolic OH excluding ortho intramolecular Hbond substituents is 1. The summed E-state index contributed by atoms with van der Waals surface area (Å²) in [5.74, 6) is -2.04. The van der Waals surface area contributed by atoms with Crippen molar-refractivity contribution in [3.05, 3.63) is 88.5 Å². The van der Waals surface area contributed by atoms with Crippen molar-refractivity contribution in [3.8, 4) is 11.8 Å². The highest BCUT2D eigenvalue weighted by Crippen LogP contribution is 2.34. The van der Waals surface area contributed by atoms with Gasteiger partial charge in [-0.15, -0.1) is 0 Å². The molecule has 0 spiro atoms. The van der Waals surface area contributed by atoms with Gasteiger partial charge in [-0.05, 0) is 43.2 Å². The van der Waals surface area contributed by atoms with Crippen LogP contribution < -0.4 is 10.6 Å². The number of hydrogen-bond donors (Lipinski definition) is 3. The van der Waals surface area contributed by atoms with Gasteiger partial charge in [0.1, 0.15) is 22.6 Å². The number of carbonyl (C=O) groups excluding carboxylic acids is 2. The Morgan fingerprint density at radius 3 is 2.30 bits per heavy atom. The second kappa shape index (κ2) is 11.7. The summed E-state index contributed by atoms with van der Waals surface area (Å²) >= 11 is 6.26. The van der Waals surface area contributed by atoms with Gasteiger partial charge in [0.05, 0.1) is 21.3 Å². The van der Waals surface area contributed by atoms with E-state index in [2.05, 4.69) is 10.6 Å². The van der Waals surface area contributed by atoms with Crippen molar-refractivity contribution in [2.45, 2.75) is 30.4 Å². The summed E-state index contributed by atoms with van der Waals surface area (Å²) in [5.41, 5.74) is 1.33. The molecular formula is C27H24ClN3O5S. The van der Waals surface area contributed by atoms with Crippen LogP contribution in [-0.4, -0.2) is 30.6 Å². The van der Waals surface area contributed by atoms with Gasteiger partial charge < -0.3 is 15.7 Å². The minimum absolute atomic E-state index is 0.00502. The number of rotatable bonds is 8. The van der Waals surface area contributed by atoms with Gasteiger partial charge in [-0.2, -0.15) is 5.26 Å². The van der Waals surface area contributed by atoms with Crippen LogP contribution in [0.2, 0.25) is 5.02 Å². The number of anilines is 2. The molecule has 190 valence electrons. The Bertz CT molecular complexity index is 1500. The van der Waals surface area contributed by atoms with Gasteiger partial charge in [0.25, 0.3) is 5.91 Å². The lowest BCUT2D eigenvalue weighted by atomic mass is 10.1. The highest BCUT2D eigenvalue weighted by atomic mass is 35.5. The molecule has 1 atom stereocenters. The number of halogens is 1. The summed E-state index contributed by atoms with van der Waals surface area (Å²) in [7, 11) is -3.97. The van der Waals surface area contributed by atoms with Gasteiger partial charge in [0, 0.05) is 6.07 Å². The fourth-order valence-corrected chi connectivity index (χ4v) is 5.31. The Hall–Kier alpha value is -4.13. The predicted octanol–water partition coefficient (Wildman–Crippen LogP) is 5.09. The van der Waals surface area contributed by atoms with Crippen LogP contribution in [0, 0.1) is 18.3 Å². The molecule has 3 N–H and O–H groups in total. The normalized spacial score (nSPS) is 12.3. The highest BCUT2D eigenvalue weighted by molar-refractivity contribution is 7.92. The van der Waals surface area contributed by atoms with E-state index in [0.29, 0.717) is 5.56 Å². The van der Waals surface area contributed by atoms with Gasteiger partial charge in [0.2, 0.25) is 5.91 Å². The molecule has 0 radical (unpaired) electrons. The van der Waals surface area contributed by atoms with Gasteiger partial charge in [-0.1, -0.05) is 66.6 Å². The Labute approximate surface area is 220 Å². The number of benzene rings is 3. The summed E-state index contributed by atoms with van der Waals surface area (Å²) in [6.07, 6.45) is 1.41. The maximum Gasteiger partial charge on any atom is 0.266 e. The average molecular weight is 538 g/mol. The number of amides is 2. The first-order valence-electron chi connectivity index (χ1n) is 11.2. The Morgan fingerprint density at radius 2 is 1.70 bits per heavy atom. The van der Waals surface area contributed by atoms with Crippen molar-refractivity contribution in [1.29, 1.82) is 5.26 Å². The van der Waals surface area contributed by atoms with E-state index in [4.69, 9.17) is 11.6 Å². The fraction of sp³-hybridized carbons (Fsp3) is 0.148. The fourth-order valence-electron chi connectivity index (χ4n) is 3.46. The third-order valence-electron chi connectivity index (χ3n) is 5.45. The third kappa shape index (κ3) is 6.55. The molecule has 0 saturated heterocycles. The lowest BCUT2D eigenvalue weighted by Crippen LogP contribution is -2.34. The van der Waals surface area contributed by atoms with Crippen molar-refractivity contribution >= 4 is 50.7 Å². The molecule has 0 aliphatic carbocycles. The molecule has 37 heavy (non-hydrogen) atoms. The minimum atomic E-state index is -3.97. The molecule has 3 rings (SSSR count). The van der Waals surface area contributed by atoms with Crippen molar-refractivity contribution < 1.29 is 23.1 Å². The first-order valence-corrected chi connectivity index (χ1v) is 13.1. The zero-order valence-electron chi connectivity index (χ0n) is 20.0. The van der Waals surface area contributed by atoms with Crippen LogP contribution >= 0.6 is 11.6 Å². The first-order chi connectivity index (χ1) is 17.6. The van der Waals surface area contributed by atoms with Crippen LogP contribution in [0.15, 0.2) is 77.2 Å². The van der Waals surface area contributed by atoms with Crippen LogP contribution in [0.5, 0.6) is 5.75 Å². The summed E-state index contributed by atoms with van der Waals surface area (Å²) in [6.45, 7) is 3.48. The number of nitrogens with one attached hydrogen (secondary N) is 2. The topological polar surface area (TPSA) is 136 Å². The van der Waals surface area contributed by atoms with Gasteiger partial charge in [-0.3, -0.25) is 9.59 Å². The molecule has 0 saturated carbocycles. The standard InChI is InChI=1S/C27H24ClN3O5S/c1-3-25(37(35,36)20-7-5-4-6-8-20)27(34)30-22-15-24(32)23(14-21(22)28)31-26(33)19(16-29)13-18-11-9-17(2)10-12-18/h4-15,25,32H,3H2,1-2H3,(H,30,34)(H,31,33)/b19-13+. The van der Waals surface area contributed by atoms with E-state index < -0.39 is 32.7 Å². The molecule has 0 aliphatic heterocycles. The molecule has 0 aromatic heterocycles. The van der Waals surface area contributed by atoms with Gasteiger partial charge in [-0.25, -0.2) is 8.42 Å². The minimum Gasteiger partial charge on any atom is -0.506 e. The number of hydrogen-bond acceptors (Lipinski definition) is 6. The number of sulfone groups is 1. The molecule has 3 aromatic rings. The Kier molecular flexibility index (Phi) is 8.71. The molecule has 0 heterocycles. The molecule has 0 aliphatic rings. The maximum absolute atomic E-state index is 12.9. The van der Waals surface area contributed by atoms with E-state index in [9.17, 15) is 28.4 Å². The number of carbonyl (C=O) groups is 2. The maximum atomic E-state index is 12.9. The quantitative estimate of drug-likeness (QED) is 0.208. The molecule has 10 heteroatoms. The van der Waals surface area contributed by atoms with Crippen LogP contribution in [0.3, 0.4) is 0 Å². The molecule has 0 bridgehead atoms. The number of aryl methyl sites for hydroxylation is 1. The number of nitrogens with zero attached hydrogens (tertiary/aromatic N) is 1. The van der Waals surface area contributed by atoms with E-state index >= 15 is 0 Å². The van der Waals surface area contributed by atoms with Crippen molar-refractivity contribution in [2.75, 3.05) is 10.6 Å². The first kappa shape index (κ1) is 27.5.